The van der Waals surface area contributed by atoms with Crippen LogP contribution in [0.2, 0.25) is 0 Å². The summed E-state index contributed by atoms with van der Waals surface area (Å²) in [7, 11) is 0. The number of benzene rings is 2. The van der Waals surface area contributed by atoms with Crippen LogP contribution in [0, 0.1) is 12.7 Å². The molecule has 0 amide bonds. The molecule has 0 radical (unpaired) electrons. The van der Waals surface area contributed by atoms with E-state index in [1.807, 2.05) is 25.1 Å². The highest BCUT2D eigenvalue weighted by Crippen LogP contribution is 2.28. The second-order valence-corrected chi connectivity index (χ2v) is 5.54. The monoisotopic (exact) mass is 285 g/mol. The van der Waals surface area contributed by atoms with Gasteiger partial charge < -0.3 is 10.1 Å². The molecule has 3 heteroatoms. The van der Waals surface area contributed by atoms with Gasteiger partial charge in [-0.25, -0.2) is 4.39 Å². The molecule has 2 aromatic carbocycles. The highest BCUT2D eigenvalue weighted by Gasteiger charge is 2.16. The summed E-state index contributed by atoms with van der Waals surface area (Å²) in [5.41, 5.74) is 4.30. The van der Waals surface area contributed by atoms with Gasteiger partial charge in [0.25, 0.3) is 0 Å². The highest BCUT2D eigenvalue weighted by atomic mass is 19.1. The highest BCUT2D eigenvalue weighted by molar-refractivity contribution is 5.70. The second kappa shape index (κ2) is 6.37. The molecule has 0 aromatic heterocycles. The van der Waals surface area contributed by atoms with Gasteiger partial charge >= 0.3 is 0 Å². The largest absolute Gasteiger partial charge is 0.372 e. The normalized spacial score (nSPS) is 18.1. The lowest BCUT2D eigenvalue weighted by Gasteiger charge is -2.15. The number of hydrogen-bond acceptors (Lipinski definition) is 2. The van der Waals surface area contributed by atoms with Crippen molar-refractivity contribution in [1.29, 1.82) is 0 Å². The zero-order valence-corrected chi connectivity index (χ0v) is 12.2. The third-order valence-electron chi connectivity index (χ3n) is 3.99. The summed E-state index contributed by atoms with van der Waals surface area (Å²) in [5.74, 6) is -0.193. The van der Waals surface area contributed by atoms with E-state index in [1.54, 1.807) is 6.07 Å². The van der Waals surface area contributed by atoms with Crippen molar-refractivity contribution in [2.45, 2.75) is 26.1 Å². The molecule has 110 valence electrons. The number of nitrogens with one attached hydrogen (secondary N) is 1. The van der Waals surface area contributed by atoms with Gasteiger partial charge in [-0.1, -0.05) is 30.3 Å². The Hall–Kier alpha value is -1.71. The molecule has 1 N–H and O–H groups in total. The van der Waals surface area contributed by atoms with Gasteiger partial charge in [-0.15, -0.1) is 0 Å². The molecule has 1 aliphatic rings. The van der Waals surface area contributed by atoms with Gasteiger partial charge in [0.15, 0.2) is 0 Å². The van der Waals surface area contributed by atoms with E-state index in [-0.39, 0.29) is 5.82 Å². The van der Waals surface area contributed by atoms with E-state index < -0.39 is 0 Å². The van der Waals surface area contributed by atoms with Gasteiger partial charge in [0.05, 0.1) is 12.7 Å². The van der Waals surface area contributed by atoms with Crippen LogP contribution in [0.1, 0.15) is 17.5 Å². The Morgan fingerprint density at radius 1 is 1.19 bits per heavy atom. The quantitative estimate of drug-likeness (QED) is 0.925. The van der Waals surface area contributed by atoms with Gasteiger partial charge in [0.2, 0.25) is 0 Å². The fourth-order valence-electron chi connectivity index (χ4n) is 2.82. The fourth-order valence-corrected chi connectivity index (χ4v) is 2.82. The van der Waals surface area contributed by atoms with Crippen LogP contribution in [-0.2, 0) is 11.3 Å². The van der Waals surface area contributed by atoms with Crippen molar-refractivity contribution in [3.05, 3.63) is 59.4 Å². The van der Waals surface area contributed by atoms with Crippen LogP contribution in [0.25, 0.3) is 11.1 Å². The molecule has 3 rings (SSSR count). The zero-order valence-electron chi connectivity index (χ0n) is 12.2. The smallest absolute Gasteiger partial charge is 0.123 e. The van der Waals surface area contributed by atoms with E-state index in [0.29, 0.717) is 12.7 Å². The molecule has 0 bridgehead atoms. The summed E-state index contributed by atoms with van der Waals surface area (Å²) in [6.45, 7) is 4.50. The molecule has 1 atom stereocenters. The maximum absolute atomic E-state index is 13.3. The van der Waals surface area contributed by atoms with E-state index in [0.717, 1.165) is 41.8 Å². The number of aryl methyl sites for hydroxylation is 1. The maximum Gasteiger partial charge on any atom is 0.123 e. The lowest BCUT2D eigenvalue weighted by atomic mass is 9.96. The predicted molar refractivity (Wildman–Crippen MR) is 82.6 cm³/mol. The molecule has 1 heterocycles. The Balaban J connectivity index is 1.84. The van der Waals surface area contributed by atoms with Crippen molar-refractivity contribution in [2.24, 2.45) is 0 Å². The summed E-state index contributed by atoms with van der Waals surface area (Å²) in [6, 6.07) is 13.1. The summed E-state index contributed by atoms with van der Waals surface area (Å²) >= 11 is 0. The van der Waals surface area contributed by atoms with Crippen molar-refractivity contribution < 1.29 is 9.13 Å². The van der Waals surface area contributed by atoms with Crippen molar-refractivity contribution >= 4 is 0 Å². The van der Waals surface area contributed by atoms with Crippen LogP contribution in [0.4, 0.5) is 4.39 Å². The van der Waals surface area contributed by atoms with Gasteiger partial charge in [-0.2, -0.15) is 0 Å². The molecule has 0 saturated carbocycles. The standard InChI is InChI=1S/C18H20FNO/c1-13-10-15(19)6-7-17(13)18-5-3-2-4-14(18)12-21-16-8-9-20-11-16/h2-7,10,16,20H,8-9,11-12H2,1H3/t16-/m0/s1. The molecule has 21 heavy (non-hydrogen) atoms. The lowest BCUT2D eigenvalue weighted by molar-refractivity contribution is 0.0545. The molecule has 1 saturated heterocycles. The SMILES string of the molecule is Cc1cc(F)ccc1-c1ccccc1CO[C@H]1CCNC1. The van der Waals surface area contributed by atoms with Crippen LogP contribution in [-0.4, -0.2) is 19.2 Å². The second-order valence-electron chi connectivity index (χ2n) is 5.54. The first-order valence-corrected chi connectivity index (χ1v) is 7.41. The van der Waals surface area contributed by atoms with E-state index >= 15 is 0 Å². The minimum absolute atomic E-state index is 0.193. The van der Waals surface area contributed by atoms with Crippen LogP contribution in [0.3, 0.4) is 0 Å². The summed E-state index contributed by atoms with van der Waals surface area (Å²) in [5, 5.41) is 3.30. The van der Waals surface area contributed by atoms with Crippen molar-refractivity contribution in [3.8, 4) is 11.1 Å². The minimum Gasteiger partial charge on any atom is -0.372 e. The maximum atomic E-state index is 13.3. The first-order valence-electron chi connectivity index (χ1n) is 7.41. The Morgan fingerprint density at radius 2 is 2.05 bits per heavy atom. The topological polar surface area (TPSA) is 21.3 Å². The molecule has 0 unspecified atom stereocenters. The predicted octanol–water partition coefficient (Wildman–Crippen LogP) is 3.68. The minimum atomic E-state index is -0.193. The van der Waals surface area contributed by atoms with Gasteiger partial charge in [-0.05, 0) is 54.3 Å². The molecule has 2 nitrogen and oxygen atoms in total. The fraction of sp³-hybridized carbons (Fsp3) is 0.333. The van der Waals surface area contributed by atoms with Gasteiger partial charge in [0.1, 0.15) is 5.82 Å². The third kappa shape index (κ3) is 3.31. The van der Waals surface area contributed by atoms with Crippen molar-refractivity contribution in [3.63, 3.8) is 0 Å². The van der Waals surface area contributed by atoms with E-state index in [1.165, 1.54) is 6.07 Å². The summed E-state index contributed by atoms with van der Waals surface area (Å²) < 4.78 is 19.3. The van der Waals surface area contributed by atoms with Gasteiger partial charge in [0, 0.05) is 6.54 Å². The summed E-state index contributed by atoms with van der Waals surface area (Å²) in [6.07, 6.45) is 1.37. The Labute approximate surface area is 125 Å². The van der Waals surface area contributed by atoms with E-state index in [9.17, 15) is 4.39 Å². The van der Waals surface area contributed by atoms with Crippen molar-refractivity contribution in [1.82, 2.24) is 5.32 Å². The Kier molecular flexibility index (Phi) is 4.32. The summed E-state index contributed by atoms with van der Waals surface area (Å²) in [4.78, 5) is 0. The van der Waals surface area contributed by atoms with Crippen molar-refractivity contribution in [2.75, 3.05) is 13.1 Å². The number of rotatable bonds is 4. The molecule has 0 spiro atoms. The van der Waals surface area contributed by atoms with Crippen LogP contribution < -0.4 is 5.32 Å². The molecule has 1 fully saturated rings. The van der Waals surface area contributed by atoms with Crippen LogP contribution in [0.5, 0.6) is 0 Å². The first-order chi connectivity index (χ1) is 10.2. The molecular formula is C18H20FNO. The average molecular weight is 285 g/mol. The lowest BCUT2D eigenvalue weighted by Crippen LogP contribution is -2.16. The molecule has 1 aliphatic heterocycles. The molecule has 2 aromatic rings. The number of halogens is 1. The number of ether oxygens (including phenoxy) is 1. The first kappa shape index (κ1) is 14.2. The van der Waals surface area contributed by atoms with Gasteiger partial charge in [-0.3, -0.25) is 0 Å². The molecular weight excluding hydrogens is 265 g/mol. The average Bonchev–Trinajstić information content (AvgIpc) is 2.99. The Morgan fingerprint density at radius 3 is 2.81 bits per heavy atom. The van der Waals surface area contributed by atoms with Crippen LogP contribution in [0.15, 0.2) is 42.5 Å². The van der Waals surface area contributed by atoms with Crippen LogP contribution >= 0.6 is 0 Å². The third-order valence-corrected chi connectivity index (χ3v) is 3.99. The van der Waals surface area contributed by atoms with E-state index in [4.69, 9.17) is 4.74 Å². The van der Waals surface area contributed by atoms with E-state index in [2.05, 4.69) is 17.4 Å². The Bertz CT molecular complexity index is 620. The zero-order chi connectivity index (χ0) is 14.7. The molecule has 0 aliphatic carbocycles. The number of hydrogen-bond donors (Lipinski definition) is 1.